The number of thiazole rings is 1. The first-order chi connectivity index (χ1) is 11.9. The van der Waals surface area contributed by atoms with Crippen LogP contribution in [0.1, 0.15) is 32.9 Å². The second kappa shape index (κ2) is 8.48. The van der Waals surface area contributed by atoms with Crippen molar-refractivity contribution in [2.75, 3.05) is 13.2 Å². The van der Waals surface area contributed by atoms with E-state index in [0.717, 1.165) is 15.6 Å². The minimum absolute atomic E-state index is 0.254. The normalized spacial score (nSPS) is 10.4. The Morgan fingerprint density at radius 2 is 2.00 bits per heavy atom. The molecule has 0 bridgehead atoms. The van der Waals surface area contributed by atoms with Crippen molar-refractivity contribution in [3.05, 3.63) is 39.3 Å². The lowest BCUT2D eigenvalue weighted by molar-refractivity contribution is -0.139. The van der Waals surface area contributed by atoms with E-state index in [1.165, 1.54) is 6.07 Å². The largest absolute Gasteiger partial charge is 0.490 e. The second-order valence-electron chi connectivity index (χ2n) is 5.20. The number of nitrogens with one attached hydrogen (secondary N) is 1. The monoisotopic (exact) mass is 364 g/mol. The number of ether oxygens (including phenoxy) is 2. The first-order valence-electron chi connectivity index (χ1n) is 7.73. The number of hydrogen-bond acceptors (Lipinski definition) is 6. The Morgan fingerprint density at radius 1 is 1.24 bits per heavy atom. The van der Waals surface area contributed by atoms with Gasteiger partial charge in [-0.1, -0.05) is 0 Å². The van der Waals surface area contributed by atoms with Crippen molar-refractivity contribution in [3.8, 4) is 11.5 Å². The van der Waals surface area contributed by atoms with Crippen molar-refractivity contribution in [2.45, 2.75) is 27.3 Å². The zero-order valence-corrected chi connectivity index (χ0v) is 15.1. The lowest BCUT2D eigenvalue weighted by Gasteiger charge is -2.12. The van der Waals surface area contributed by atoms with Crippen LogP contribution in [0.2, 0.25) is 0 Å². The van der Waals surface area contributed by atoms with Crippen LogP contribution in [-0.4, -0.2) is 35.2 Å². The van der Waals surface area contributed by atoms with Crippen molar-refractivity contribution in [1.82, 2.24) is 10.3 Å². The maximum Gasteiger partial charge on any atom is 0.341 e. The van der Waals surface area contributed by atoms with Crippen LogP contribution in [0.25, 0.3) is 0 Å². The fourth-order valence-corrected chi connectivity index (χ4v) is 3.05. The van der Waals surface area contributed by atoms with Gasteiger partial charge in [-0.25, -0.2) is 9.78 Å². The Bertz CT molecular complexity index is 772. The molecular weight excluding hydrogens is 344 g/mol. The van der Waals surface area contributed by atoms with Crippen molar-refractivity contribution < 1.29 is 24.2 Å². The second-order valence-corrected chi connectivity index (χ2v) is 6.49. The molecule has 0 radical (unpaired) electrons. The molecule has 2 N–H and O–H groups in total. The highest BCUT2D eigenvalue weighted by Gasteiger charge is 2.13. The molecule has 0 aliphatic heterocycles. The van der Waals surface area contributed by atoms with Gasteiger partial charge in [0, 0.05) is 10.4 Å². The summed E-state index contributed by atoms with van der Waals surface area (Å²) >= 11 is 1.55. The molecule has 0 saturated heterocycles. The van der Waals surface area contributed by atoms with Gasteiger partial charge in [-0.2, -0.15) is 0 Å². The smallest absolute Gasteiger partial charge is 0.341 e. The number of carbonyl (C=O) groups excluding carboxylic acids is 1. The van der Waals surface area contributed by atoms with Gasteiger partial charge in [0.05, 0.1) is 23.9 Å². The van der Waals surface area contributed by atoms with E-state index in [4.69, 9.17) is 14.6 Å². The molecule has 0 aliphatic rings. The van der Waals surface area contributed by atoms with E-state index in [-0.39, 0.29) is 11.7 Å². The summed E-state index contributed by atoms with van der Waals surface area (Å²) in [6, 6.07) is 4.64. The van der Waals surface area contributed by atoms with Gasteiger partial charge >= 0.3 is 5.97 Å². The Labute approximate surface area is 149 Å². The third-order valence-electron chi connectivity index (χ3n) is 3.27. The summed E-state index contributed by atoms with van der Waals surface area (Å²) in [5, 5.41) is 12.5. The van der Waals surface area contributed by atoms with Gasteiger partial charge in [0.15, 0.2) is 18.1 Å². The molecule has 8 heteroatoms. The molecule has 1 aromatic heterocycles. The summed E-state index contributed by atoms with van der Waals surface area (Å²) < 4.78 is 10.6. The summed E-state index contributed by atoms with van der Waals surface area (Å²) in [6.45, 7) is 5.92. The van der Waals surface area contributed by atoms with Crippen LogP contribution in [0.15, 0.2) is 18.2 Å². The number of carbonyl (C=O) groups is 2. The van der Waals surface area contributed by atoms with Crippen LogP contribution in [0.4, 0.5) is 0 Å². The van der Waals surface area contributed by atoms with E-state index in [9.17, 15) is 9.59 Å². The third-order valence-corrected chi connectivity index (χ3v) is 4.34. The number of amides is 1. The molecule has 0 aliphatic carbocycles. The van der Waals surface area contributed by atoms with Crippen LogP contribution < -0.4 is 14.8 Å². The molecule has 0 spiro atoms. The maximum absolute atomic E-state index is 12.4. The first-order valence-corrected chi connectivity index (χ1v) is 8.55. The summed E-state index contributed by atoms with van der Waals surface area (Å²) in [7, 11) is 0. The molecule has 7 nitrogen and oxygen atoms in total. The molecule has 2 rings (SSSR count). The topological polar surface area (TPSA) is 97.8 Å². The number of benzene rings is 1. The molecule has 0 saturated carbocycles. The minimum Gasteiger partial charge on any atom is -0.490 e. The van der Waals surface area contributed by atoms with Crippen LogP contribution in [0.5, 0.6) is 11.5 Å². The molecule has 1 aromatic carbocycles. The summed E-state index contributed by atoms with van der Waals surface area (Å²) in [4.78, 5) is 28.3. The highest BCUT2D eigenvalue weighted by atomic mass is 32.1. The van der Waals surface area contributed by atoms with E-state index in [2.05, 4.69) is 10.3 Å². The quantitative estimate of drug-likeness (QED) is 0.747. The van der Waals surface area contributed by atoms with Gasteiger partial charge in [-0.15, -0.1) is 11.3 Å². The molecule has 0 atom stereocenters. The number of aryl methyl sites for hydroxylation is 2. The average molecular weight is 364 g/mol. The fourth-order valence-electron chi connectivity index (χ4n) is 2.18. The minimum atomic E-state index is -1.08. The van der Waals surface area contributed by atoms with Crippen LogP contribution in [0, 0.1) is 13.8 Å². The van der Waals surface area contributed by atoms with E-state index < -0.39 is 12.6 Å². The van der Waals surface area contributed by atoms with E-state index in [1.54, 1.807) is 30.4 Å². The van der Waals surface area contributed by atoms with Crippen molar-refractivity contribution in [2.24, 2.45) is 0 Å². The van der Waals surface area contributed by atoms with Crippen LogP contribution >= 0.6 is 11.3 Å². The van der Waals surface area contributed by atoms with Gasteiger partial charge in [-0.05, 0) is 39.0 Å². The van der Waals surface area contributed by atoms with Gasteiger partial charge in [0.2, 0.25) is 0 Å². The molecule has 0 unspecified atom stereocenters. The Hall–Kier alpha value is -2.61. The number of aromatic nitrogens is 1. The van der Waals surface area contributed by atoms with Gasteiger partial charge < -0.3 is 19.9 Å². The number of carboxylic acid groups (broad SMARTS) is 1. The standard InChI is InChI=1S/C17H20N2O5S/c1-4-23-14-7-12(5-6-13(14)24-9-16(20)21)17(22)18-8-15-10(2)19-11(3)25-15/h5-7H,4,8-9H2,1-3H3,(H,18,22)(H,20,21). The maximum atomic E-state index is 12.4. The number of aliphatic carboxylic acids is 1. The van der Waals surface area contributed by atoms with Gasteiger partial charge in [-0.3, -0.25) is 4.79 Å². The van der Waals surface area contributed by atoms with Crippen LogP contribution in [0.3, 0.4) is 0 Å². The van der Waals surface area contributed by atoms with Gasteiger partial charge in [0.1, 0.15) is 0 Å². The van der Waals surface area contributed by atoms with Crippen molar-refractivity contribution in [3.63, 3.8) is 0 Å². The summed E-state index contributed by atoms with van der Waals surface area (Å²) in [6.07, 6.45) is 0. The molecule has 1 heterocycles. The number of hydrogen-bond donors (Lipinski definition) is 2. The highest BCUT2D eigenvalue weighted by Crippen LogP contribution is 2.28. The predicted molar refractivity (Wildman–Crippen MR) is 93.5 cm³/mol. The first kappa shape index (κ1) is 18.7. The van der Waals surface area contributed by atoms with Gasteiger partial charge in [0.25, 0.3) is 5.91 Å². The third kappa shape index (κ3) is 5.18. The van der Waals surface area contributed by atoms with Crippen molar-refractivity contribution >= 4 is 23.2 Å². The fraction of sp³-hybridized carbons (Fsp3) is 0.353. The molecule has 0 fully saturated rings. The van der Waals surface area contributed by atoms with Crippen molar-refractivity contribution in [1.29, 1.82) is 0 Å². The van der Waals surface area contributed by atoms with E-state index >= 15 is 0 Å². The van der Waals surface area contributed by atoms with E-state index in [1.807, 2.05) is 13.8 Å². The Kier molecular flexibility index (Phi) is 6.35. The van der Waals surface area contributed by atoms with Crippen LogP contribution in [-0.2, 0) is 11.3 Å². The molecule has 134 valence electrons. The Morgan fingerprint density at radius 3 is 2.60 bits per heavy atom. The lowest BCUT2D eigenvalue weighted by Crippen LogP contribution is -2.22. The molecule has 1 amide bonds. The number of rotatable bonds is 8. The molecule has 2 aromatic rings. The molecular formula is C17H20N2O5S. The zero-order valence-electron chi connectivity index (χ0n) is 14.3. The number of nitrogens with zero attached hydrogens (tertiary/aromatic N) is 1. The van der Waals surface area contributed by atoms with E-state index in [0.29, 0.717) is 24.5 Å². The summed E-state index contributed by atoms with van der Waals surface area (Å²) in [5.74, 6) is -0.716. The molecule has 25 heavy (non-hydrogen) atoms. The highest BCUT2D eigenvalue weighted by molar-refractivity contribution is 7.11. The number of carboxylic acids is 1. The Balaban J connectivity index is 2.09. The average Bonchev–Trinajstić information content (AvgIpc) is 2.89. The summed E-state index contributed by atoms with van der Waals surface area (Å²) in [5.41, 5.74) is 1.32. The lowest BCUT2D eigenvalue weighted by atomic mass is 10.2. The zero-order chi connectivity index (χ0) is 18.4. The predicted octanol–water partition coefficient (Wildman–Crippen LogP) is 2.55. The SMILES string of the molecule is CCOc1cc(C(=O)NCc2sc(C)nc2C)ccc1OCC(=O)O.